The van der Waals surface area contributed by atoms with Crippen LogP contribution in [0.15, 0.2) is 18.5 Å². The van der Waals surface area contributed by atoms with E-state index in [9.17, 15) is 9.50 Å². The Bertz CT molecular complexity index is 1060. The van der Waals surface area contributed by atoms with E-state index in [0.29, 0.717) is 28.8 Å². The highest BCUT2D eigenvalue weighted by atomic mass is 19.1. The number of phenols is 1. The van der Waals surface area contributed by atoms with Crippen LogP contribution >= 0.6 is 0 Å². The van der Waals surface area contributed by atoms with Gasteiger partial charge in [-0.1, -0.05) is 6.07 Å². The summed E-state index contributed by atoms with van der Waals surface area (Å²) in [7, 11) is 2.14. The first-order valence-corrected chi connectivity index (χ1v) is 9.94. The van der Waals surface area contributed by atoms with E-state index < -0.39 is 5.82 Å². The number of likely N-dealkylation sites (N-methyl/N-ethyl adjacent to an activating group) is 1. The number of piperidine rings is 1. The first-order valence-electron chi connectivity index (χ1n) is 9.94. The lowest BCUT2D eigenvalue weighted by atomic mass is 9.99. The lowest BCUT2D eigenvalue weighted by Crippen LogP contribution is -2.33. The summed E-state index contributed by atoms with van der Waals surface area (Å²) in [6, 6.07) is 3.73. The van der Waals surface area contributed by atoms with Gasteiger partial charge >= 0.3 is 0 Å². The molecule has 1 saturated carbocycles. The minimum Gasteiger partial charge on any atom is -0.504 e. The molecule has 0 amide bonds. The van der Waals surface area contributed by atoms with Crippen molar-refractivity contribution in [3.05, 3.63) is 35.4 Å². The number of benzene rings is 1. The number of halogens is 1. The average molecular weight is 381 g/mol. The van der Waals surface area contributed by atoms with Crippen LogP contribution in [0.4, 0.5) is 4.39 Å². The van der Waals surface area contributed by atoms with Crippen molar-refractivity contribution in [3.63, 3.8) is 0 Å². The highest BCUT2D eigenvalue weighted by Crippen LogP contribution is 2.48. The van der Waals surface area contributed by atoms with Crippen molar-refractivity contribution in [1.29, 1.82) is 0 Å². The van der Waals surface area contributed by atoms with E-state index in [0.717, 1.165) is 55.5 Å². The molecule has 0 unspecified atom stereocenters. The molecule has 28 heavy (non-hydrogen) atoms. The molecule has 1 atom stereocenters. The van der Waals surface area contributed by atoms with Crippen molar-refractivity contribution in [2.45, 2.75) is 44.6 Å². The Labute approximate surface area is 163 Å². The second kappa shape index (κ2) is 6.51. The molecule has 1 saturated heterocycles. The largest absolute Gasteiger partial charge is 0.504 e. The average Bonchev–Trinajstić information content (AvgIpc) is 3.43. The van der Waals surface area contributed by atoms with E-state index in [1.54, 1.807) is 19.1 Å². The standard InChI is InChI=1S/C21H24FN5O/c1-12-5-8-15(20(28)17(12)22)18-16(13-6-7-13)19-21(25-24-18)27(11-23-19)14-4-3-9-26(2)10-14/h5,8,11,13-14,28H,3-4,6-7,9-10H2,1-2H3/t14-/m1/s1. The molecule has 1 aliphatic carbocycles. The minimum atomic E-state index is -0.600. The number of hydrogen-bond donors (Lipinski definition) is 1. The van der Waals surface area contributed by atoms with Gasteiger partial charge in [0.1, 0.15) is 11.2 Å². The Hall–Kier alpha value is -2.54. The molecule has 7 heteroatoms. The molecule has 2 fully saturated rings. The van der Waals surface area contributed by atoms with E-state index in [1.807, 2.05) is 6.33 Å². The number of phenolic OH excluding ortho intramolecular Hbond substituents is 1. The zero-order valence-electron chi connectivity index (χ0n) is 16.2. The number of fused-ring (bicyclic) bond motifs is 1. The van der Waals surface area contributed by atoms with E-state index in [4.69, 9.17) is 4.98 Å². The lowest BCUT2D eigenvalue weighted by Gasteiger charge is -2.30. The zero-order chi connectivity index (χ0) is 19.4. The van der Waals surface area contributed by atoms with Gasteiger partial charge < -0.3 is 14.6 Å². The Morgan fingerprint density at radius 1 is 1.18 bits per heavy atom. The quantitative estimate of drug-likeness (QED) is 0.748. The summed E-state index contributed by atoms with van der Waals surface area (Å²) >= 11 is 0. The van der Waals surface area contributed by atoms with Gasteiger partial charge in [0.05, 0.1) is 6.33 Å². The first kappa shape index (κ1) is 17.6. The molecule has 1 N–H and O–H groups in total. The molecule has 5 rings (SSSR count). The van der Waals surface area contributed by atoms with Crippen molar-refractivity contribution in [1.82, 2.24) is 24.6 Å². The Morgan fingerprint density at radius 3 is 2.75 bits per heavy atom. The van der Waals surface area contributed by atoms with Crippen LogP contribution in [0.3, 0.4) is 0 Å². The number of aryl methyl sites for hydroxylation is 1. The maximum atomic E-state index is 14.3. The molecule has 2 aromatic heterocycles. The predicted molar refractivity (Wildman–Crippen MR) is 105 cm³/mol. The predicted octanol–water partition coefficient (Wildman–Crippen LogP) is 3.79. The Morgan fingerprint density at radius 2 is 2.00 bits per heavy atom. The fraction of sp³-hybridized carbons (Fsp3) is 0.476. The molecule has 3 heterocycles. The smallest absolute Gasteiger partial charge is 0.183 e. The van der Waals surface area contributed by atoms with Crippen molar-refractivity contribution < 1.29 is 9.50 Å². The van der Waals surface area contributed by atoms with Gasteiger partial charge in [0.2, 0.25) is 0 Å². The van der Waals surface area contributed by atoms with E-state index >= 15 is 0 Å². The highest BCUT2D eigenvalue weighted by molar-refractivity contribution is 5.84. The van der Waals surface area contributed by atoms with E-state index in [2.05, 4.69) is 26.7 Å². The molecule has 146 valence electrons. The molecular weight excluding hydrogens is 357 g/mol. The van der Waals surface area contributed by atoms with Crippen molar-refractivity contribution in [3.8, 4) is 17.0 Å². The van der Waals surface area contributed by atoms with Crippen LogP contribution in [-0.4, -0.2) is 49.9 Å². The monoisotopic (exact) mass is 381 g/mol. The van der Waals surface area contributed by atoms with Gasteiger partial charge in [-0.2, -0.15) is 0 Å². The lowest BCUT2D eigenvalue weighted by molar-refractivity contribution is 0.214. The maximum Gasteiger partial charge on any atom is 0.183 e. The topological polar surface area (TPSA) is 67.1 Å². The van der Waals surface area contributed by atoms with Gasteiger partial charge in [-0.15, -0.1) is 10.2 Å². The van der Waals surface area contributed by atoms with Crippen LogP contribution in [0.2, 0.25) is 0 Å². The third kappa shape index (κ3) is 2.76. The summed E-state index contributed by atoms with van der Waals surface area (Å²) in [4.78, 5) is 7.03. The fourth-order valence-electron chi connectivity index (χ4n) is 4.35. The summed E-state index contributed by atoms with van der Waals surface area (Å²) < 4.78 is 16.4. The summed E-state index contributed by atoms with van der Waals surface area (Å²) in [5.74, 6) is -0.616. The molecule has 1 aliphatic heterocycles. The molecule has 0 radical (unpaired) electrons. The van der Waals surface area contributed by atoms with Gasteiger partial charge in [-0.25, -0.2) is 9.37 Å². The third-order valence-corrected chi connectivity index (χ3v) is 6.07. The van der Waals surface area contributed by atoms with Crippen molar-refractivity contribution in [2.75, 3.05) is 20.1 Å². The molecular formula is C21H24FN5O. The van der Waals surface area contributed by atoms with Gasteiger partial charge in [0.15, 0.2) is 17.2 Å². The van der Waals surface area contributed by atoms with Gasteiger partial charge in [-0.3, -0.25) is 0 Å². The Balaban J connectivity index is 1.67. The number of hydrogen-bond acceptors (Lipinski definition) is 5. The van der Waals surface area contributed by atoms with Crippen LogP contribution in [-0.2, 0) is 0 Å². The second-order valence-electron chi connectivity index (χ2n) is 8.21. The van der Waals surface area contributed by atoms with E-state index in [1.165, 1.54) is 0 Å². The van der Waals surface area contributed by atoms with Crippen LogP contribution in [0, 0.1) is 12.7 Å². The van der Waals surface area contributed by atoms with Crippen LogP contribution < -0.4 is 0 Å². The summed E-state index contributed by atoms with van der Waals surface area (Å²) in [6.45, 7) is 3.72. The second-order valence-corrected chi connectivity index (χ2v) is 8.21. The third-order valence-electron chi connectivity index (χ3n) is 6.07. The summed E-state index contributed by atoms with van der Waals surface area (Å²) in [5, 5.41) is 19.3. The number of aromatic hydroxyl groups is 1. The Kier molecular flexibility index (Phi) is 4.08. The number of imidazole rings is 1. The molecule has 2 aliphatic rings. The number of aromatic nitrogens is 4. The van der Waals surface area contributed by atoms with Crippen molar-refractivity contribution >= 4 is 11.2 Å². The van der Waals surface area contributed by atoms with Crippen molar-refractivity contribution in [2.24, 2.45) is 0 Å². The van der Waals surface area contributed by atoms with Crippen LogP contribution in [0.5, 0.6) is 5.75 Å². The molecule has 3 aromatic rings. The number of nitrogens with zero attached hydrogens (tertiary/aromatic N) is 5. The first-order chi connectivity index (χ1) is 13.5. The van der Waals surface area contributed by atoms with Gasteiger partial charge in [-0.05, 0) is 63.7 Å². The van der Waals surface area contributed by atoms with Gasteiger partial charge in [0, 0.05) is 23.7 Å². The summed E-state index contributed by atoms with van der Waals surface area (Å²) in [5.41, 5.74) is 3.98. The molecule has 1 aromatic carbocycles. The maximum absolute atomic E-state index is 14.3. The van der Waals surface area contributed by atoms with Crippen LogP contribution in [0.1, 0.15) is 48.8 Å². The zero-order valence-corrected chi connectivity index (χ0v) is 16.2. The molecule has 6 nitrogen and oxygen atoms in total. The van der Waals surface area contributed by atoms with Crippen LogP contribution in [0.25, 0.3) is 22.4 Å². The highest BCUT2D eigenvalue weighted by Gasteiger charge is 2.33. The molecule has 0 bridgehead atoms. The SMILES string of the molecule is Cc1ccc(-c2nnc3c(ncn3[C@@H]3CCCN(C)C3)c2C2CC2)c(O)c1F. The number of rotatable bonds is 3. The number of likely N-dealkylation sites (tertiary alicyclic amines) is 1. The van der Waals surface area contributed by atoms with E-state index in [-0.39, 0.29) is 5.75 Å². The van der Waals surface area contributed by atoms with Gasteiger partial charge in [0.25, 0.3) is 0 Å². The molecule has 0 spiro atoms. The minimum absolute atomic E-state index is 0.334. The summed E-state index contributed by atoms with van der Waals surface area (Å²) in [6.07, 6.45) is 6.23. The normalized spacial score (nSPS) is 20.8. The fourth-order valence-corrected chi connectivity index (χ4v) is 4.35.